The number of ether oxygens (including phenoxy) is 2. The summed E-state index contributed by atoms with van der Waals surface area (Å²) in [4.78, 5) is 12.1. The van der Waals surface area contributed by atoms with Crippen LogP contribution in [0.2, 0.25) is 5.02 Å². The molecule has 0 atom stereocenters. The number of carbonyl (C=O) groups is 1. The molecule has 140 valence electrons. The largest absolute Gasteiger partial charge is 0.506 e. The summed E-state index contributed by atoms with van der Waals surface area (Å²) in [5.74, 6) is 6.04. The van der Waals surface area contributed by atoms with Gasteiger partial charge in [0.05, 0.1) is 37.6 Å². The van der Waals surface area contributed by atoms with Gasteiger partial charge in [-0.1, -0.05) is 23.4 Å². The maximum Gasteiger partial charge on any atom is 0.271 e. The molecule has 8 heteroatoms. The fourth-order valence-electron chi connectivity index (χ4n) is 2.18. The first-order valence-electron chi connectivity index (χ1n) is 7.77. The highest BCUT2D eigenvalue weighted by Crippen LogP contribution is 2.31. The predicted molar refractivity (Wildman–Crippen MR) is 104 cm³/mol. The Balaban J connectivity index is 2.22. The molecule has 4 N–H and O–H groups in total. The summed E-state index contributed by atoms with van der Waals surface area (Å²) in [6.45, 7) is 0.203. The Morgan fingerprint density at radius 1 is 1.33 bits per heavy atom. The van der Waals surface area contributed by atoms with Gasteiger partial charge in [0.25, 0.3) is 5.91 Å². The number of rotatable bonds is 5. The van der Waals surface area contributed by atoms with Gasteiger partial charge in [0.2, 0.25) is 0 Å². The molecule has 0 aliphatic heterocycles. The van der Waals surface area contributed by atoms with Crippen molar-refractivity contribution < 1.29 is 19.4 Å². The molecule has 0 aliphatic rings. The monoisotopic (exact) mass is 387 g/mol. The van der Waals surface area contributed by atoms with Gasteiger partial charge in [-0.2, -0.15) is 5.10 Å². The Labute approximate surface area is 161 Å². The van der Waals surface area contributed by atoms with Crippen molar-refractivity contribution in [3.63, 3.8) is 0 Å². The molecule has 0 saturated heterocycles. The van der Waals surface area contributed by atoms with Crippen molar-refractivity contribution in [1.82, 2.24) is 5.43 Å². The van der Waals surface area contributed by atoms with Crippen LogP contribution in [0.3, 0.4) is 0 Å². The van der Waals surface area contributed by atoms with E-state index in [0.29, 0.717) is 22.6 Å². The molecule has 27 heavy (non-hydrogen) atoms. The molecule has 7 nitrogen and oxygen atoms in total. The third kappa shape index (κ3) is 5.14. The fourth-order valence-corrected chi connectivity index (χ4v) is 2.36. The third-order valence-corrected chi connectivity index (χ3v) is 3.72. The van der Waals surface area contributed by atoms with Crippen LogP contribution in [0.5, 0.6) is 17.2 Å². The summed E-state index contributed by atoms with van der Waals surface area (Å²) in [5.41, 5.74) is 9.29. The van der Waals surface area contributed by atoms with Crippen LogP contribution in [0.15, 0.2) is 35.4 Å². The zero-order valence-electron chi connectivity index (χ0n) is 14.7. The summed E-state index contributed by atoms with van der Waals surface area (Å²) in [5, 5.41) is 13.4. The van der Waals surface area contributed by atoms with Crippen molar-refractivity contribution in [1.29, 1.82) is 0 Å². The number of hydrazone groups is 1. The van der Waals surface area contributed by atoms with E-state index < -0.39 is 5.91 Å². The van der Waals surface area contributed by atoms with E-state index in [1.807, 2.05) is 0 Å². The van der Waals surface area contributed by atoms with Gasteiger partial charge in [-0.25, -0.2) is 5.43 Å². The van der Waals surface area contributed by atoms with E-state index in [1.54, 1.807) is 12.1 Å². The summed E-state index contributed by atoms with van der Waals surface area (Å²) in [7, 11) is 3.03. The number of benzene rings is 2. The SMILES string of the molecule is COc1cc(/C=N/NC(=O)c2ccc(O)c(Cl)c2)cc(C#CCN)c1OC. The van der Waals surface area contributed by atoms with Crippen LogP contribution >= 0.6 is 11.6 Å². The first-order chi connectivity index (χ1) is 13.0. The van der Waals surface area contributed by atoms with Crippen molar-refractivity contribution in [2.24, 2.45) is 10.8 Å². The molecule has 0 aromatic heterocycles. The van der Waals surface area contributed by atoms with Crippen LogP contribution < -0.4 is 20.6 Å². The van der Waals surface area contributed by atoms with Gasteiger partial charge in [-0.15, -0.1) is 0 Å². The summed E-state index contributed by atoms with van der Waals surface area (Å²) < 4.78 is 10.6. The molecule has 0 heterocycles. The molecular weight excluding hydrogens is 370 g/mol. The van der Waals surface area contributed by atoms with Gasteiger partial charge < -0.3 is 20.3 Å². The molecule has 2 aromatic carbocycles. The Morgan fingerprint density at radius 2 is 2.11 bits per heavy atom. The lowest BCUT2D eigenvalue weighted by Crippen LogP contribution is -2.17. The number of methoxy groups -OCH3 is 2. The van der Waals surface area contributed by atoms with Gasteiger partial charge in [0.1, 0.15) is 5.75 Å². The van der Waals surface area contributed by atoms with E-state index in [4.69, 9.17) is 26.8 Å². The summed E-state index contributed by atoms with van der Waals surface area (Å²) >= 11 is 5.79. The van der Waals surface area contributed by atoms with E-state index in [2.05, 4.69) is 22.4 Å². The van der Waals surface area contributed by atoms with Gasteiger partial charge in [-0.3, -0.25) is 4.79 Å². The fraction of sp³-hybridized carbons (Fsp3) is 0.158. The average molecular weight is 388 g/mol. The van der Waals surface area contributed by atoms with Crippen molar-refractivity contribution in [2.75, 3.05) is 20.8 Å². The van der Waals surface area contributed by atoms with Crippen LogP contribution in [-0.4, -0.2) is 38.0 Å². The predicted octanol–water partition coefficient (Wildman–Crippen LogP) is 2.14. The molecule has 0 saturated carbocycles. The summed E-state index contributed by atoms with van der Waals surface area (Å²) in [6, 6.07) is 7.54. The molecule has 0 spiro atoms. The Hall–Kier alpha value is -3.21. The number of carbonyl (C=O) groups excluding carboxylic acids is 1. The van der Waals surface area contributed by atoms with Crippen molar-refractivity contribution >= 4 is 23.7 Å². The highest BCUT2D eigenvalue weighted by atomic mass is 35.5. The lowest BCUT2D eigenvalue weighted by atomic mass is 10.1. The van der Waals surface area contributed by atoms with E-state index in [0.717, 1.165) is 0 Å². The normalized spacial score (nSPS) is 10.2. The van der Waals surface area contributed by atoms with E-state index >= 15 is 0 Å². The molecule has 0 radical (unpaired) electrons. The molecule has 2 aromatic rings. The number of phenols is 1. The molecule has 0 aliphatic carbocycles. The molecule has 1 amide bonds. The summed E-state index contributed by atoms with van der Waals surface area (Å²) in [6.07, 6.45) is 1.44. The van der Waals surface area contributed by atoms with E-state index in [1.165, 1.54) is 38.6 Å². The molecule has 0 bridgehead atoms. The van der Waals surface area contributed by atoms with Crippen molar-refractivity contribution in [3.8, 4) is 29.1 Å². The number of halogens is 1. The van der Waals surface area contributed by atoms with Crippen molar-refractivity contribution in [2.45, 2.75) is 0 Å². The van der Waals surface area contributed by atoms with Crippen LogP contribution in [-0.2, 0) is 0 Å². The minimum Gasteiger partial charge on any atom is -0.506 e. The standard InChI is InChI=1S/C19H18ClN3O4/c1-26-17-9-12(8-13(4-3-7-21)18(17)27-2)11-22-23-19(25)14-5-6-16(24)15(20)10-14/h5-6,8-11,24H,7,21H2,1-2H3,(H,23,25)/b22-11+. The minimum absolute atomic E-state index is 0.0784. The van der Waals surface area contributed by atoms with Gasteiger partial charge in [0.15, 0.2) is 11.5 Å². The van der Waals surface area contributed by atoms with E-state index in [9.17, 15) is 9.90 Å². The quantitative estimate of drug-likeness (QED) is 0.414. The number of nitrogens with two attached hydrogens (primary N) is 1. The average Bonchev–Trinajstić information content (AvgIpc) is 2.67. The number of hydrogen-bond donors (Lipinski definition) is 3. The topological polar surface area (TPSA) is 106 Å². The molecular formula is C19H18ClN3O4. The number of hydrogen-bond acceptors (Lipinski definition) is 6. The molecule has 0 fully saturated rings. The second-order valence-electron chi connectivity index (χ2n) is 5.18. The first kappa shape index (κ1) is 20.1. The second-order valence-corrected chi connectivity index (χ2v) is 5.58. The van der Waals surface area contributed by atoms with Crippen LogP contribution in [0.25, 0.3) is 0 Å². The van der Waals surface area contributed by atoms with Crippen LogP contribution in [0, 0.1) is 11.8 Å². The Morgan fingerprint density at radius 3 is 2.74 bits per heavy atom. The maximum absolute atomic E-state index is 12.1. The first-order valence-corrected chi connectivity index (χ1v) is 8.14. The Kier molecular flexibility index (Phi) is 7.06. The molecule has 0 unspecified atom stereocenters. The number of aromatic hydroxyl groups is 1. The zero-order valence-corrected chi connectivity index (χ0v) is 15.5. The number of nitrogens with one attached hydrogen (secondary N) is 1. The highest BCUT2D eigenvalue weighted by Gasteiger charge is 2.11. The minimum atomic E-state index is -0.475. The number of phenolic OH excluding ortho intramolecular Hbond substituents is 1. The second kappa shape index (κ2) is 9.48. The zero-order chi connectivity index (χ0) is 19.8. The van der Waals surface area contributed by atoms with Gasteiger partial charge >= 0.3 is 0 Å². The lowest BCUT2D eigenvalue weighted by molar-refractivity contribution is 0.0955. The maximum atomic E-state index is 12.1. The number of nitrogens with zero attached hydrogens (tertiary/aromatic N) is 1. The van der Waals surface area contributed by atoms with Crippen LogP contribution in [0.4, 0.5) is 0 Å². The van der Waals surface area contributed by atoms with E-state index in [-0.39, 0.29) is 22.9 Å². The third-order valence-electron chi connectivity index (χ3n) is 3.42. The van der Waals surface area contributed by atoms with Crippen LogP contribution in [0.1, 0.15) is 21.5 Å². The smallest absolute Gasteiger partial charge is 0.271 e. The van der Waals surface area contributed by atoms with Crippen molar-refractivity contribution in [3.05, 3.63) is 52.0 Å². The lowest BCUT2D eigenvalue weighted by Gasteiger charge is -2.10. The number of amides is 1. The highest BCUT2D eigenvalue weighted by molar-refractivity contribution is 6.32. The van der Waals surface area contributed by atoms with Gasteiger partial charge in [0, 0.05) is 5.56 Å². The van der Waals surface area contributed by atoms with Gasteiger partial charge in [-0.05, 0) is 35.9 Å². The molecule has 2 rings (SSSR count). The Bertz CT molecular complexity index is 933.